The quantitative estimate of drug-likeness (QED) is 0.0416. The number of thiazole rings is 1. The summed E-state index contributed by atoms with van der Waals surface area (Å²) in [6, 6.07) is 0.900. The number of β-lactam (4-membered cyclic amide) rings is 1. The molecule has 2 saturated heterocycles. The smallest absolute Gasteiger partial charge is 0.352 e. The number of rotatable bonds is 14. The molecule has 1 aromatic heterocycles. The second kappa shape index (κ2) is 14.9. The summed E-state index contributed by atoms with van der Waals surface area (Å²) in [6.45, 7) is 1.83. The number of carboxylic acids is 3. The molecular formula is C32H34N7O13S2+. The van der Waals surface area contributed by atoms with Crippen LogP contribution in [0.25, 0.3) is 0 Å². The van der Waals surface area contributed by atoms with Gasteiger partial charge in [-0.2, -0.15) is 0 Å². The number of nitrogens with two attached hydrogens (primary N) is 1. The Morgan fingerprint density at radius 1 is 1.07 bits per heavy atom. The predicted octanol–water partition coefficient (Wildman–Crippen LogP) is -0.527. The molecule has 6 rings (SSSR count). The molecule has 5 heterocycles. The van der Waals surface area contributed by atoms with Crippen LogP contribution in [-0.2, 0) is 28.8 Å². The lowest BCUT2D eigenvalue weighted by molar-refractivity contribution is -0.911. The summed E-state index contributed by atoms with van der Waals surface area (Å²) in [5, 5.41) is 55.0. The maximum Gasteiger partial charge on any atom is 0.352 e. The average Bonchev–Trinajstić information content (AvgIpc) is 3.77. The number of aliphatic carboxylic acids is 3. The zero-order valence-corrected chi connectivity index (χ0v) is 29.8. The van der Waals surface area contributed by atoms with Crippen LogP contribution in [-0.4, -0.2) is 154 Å². The van der Waals surface area contributed by atoms with Crippen LogP contribution in [0.3, 0.4) is 0 Å². The van der Waals surface area contributed by atoms with Crippen molar-refractivity contribution in [2.45, 2.75) is 36.8 Å². The Bertz CT molecular complexity index is 2030. The number of carboxylic acid groups (broad SMARTS) is 3. The van der Waals surface area contributed by atoms with Gasteiger partial charge in [0, 0.05) is 35.1 Å². The summed E-state index contributed by atoms with van der Waals surface area (Å²) in [5.41, 5.74) is 5.20. The number of anilines is 1. The standard InChI is InChI=1S/C32H33N7O13S2/c33-32-34-17(13-54-32)23(36-52-21(30(48)49)9-22(43)44)26(45)35-24-28(47)38-25(31(50)51)14(12-53-29(24)38)11-39(4-1-2-5-39)6-3-37-10-20(42)15-7-18(40)19(41)8-16(15)27(37)46/h7-8,13,21,24,29H,1-6,9-12H2,(H7-,33,34,35,36,40,41,42,43,44,45,46,48,49,50,51)/p+1/t21-,24+,29+/m0/s1. The number of fused-ring (bicyclic) bond motifs is 2. The van der Waals surface area contributed by atoms with Gasteiger partial charge in [-0.25, -0.2) is 14.6 Å². The Balaban J connectivity index is 1.18. The van der Waals surface area contributed by atoms with E-state index >= 15 is 0 Å². The lowest BCUT2D eigenvalue weighted by Crippen LogP contribution is -2.71. The molecule has 0 bridgehead atoms. The molecule has 0 spiro atoms. The zero-order chi connectivity index (χ0) is 39.1. The van der Waals surface area contributed by atoms with Gasteiger partial charge in [0.25, 0.3) is 17.7 Å². The van der Waals surface area contributed by atoms with Crippen LogP contribution in [0.5, 0.6) is 11.5 Å². The van der Waals surface area contributed by atoms with E-state index in [4.69, 9.17) is 15.7 Å². The molecule has 0 saturated carbocycles. The van der Waals surface area contributed by atoms with Crippen molar-refractivity contribution in [3.05, 3.63) is 45.6 Å². The van der Waals surface area contributed by atoms with Crippen LogP contribution < -0.4 is 11.1 Å². The number of thioether (sulfide) groups is 1. The van der Waals surface area contributed by atoms with Gasteiger partial charge >= 0.3 is 17.9 Å². The summed E-state index contributed by atoms with van der Waals surface area (Å²) in [7, 11) is 0. The summed E-state index contributed by atoms with van der Waals surface area (Å²) < 4.78 is 0.390. The average molecular weight is 789 g/mol. The number of amides is 3. The van der Waals surface area contributed by atoms with Crippen molar-refractivity contribution in [1.29, 1.82) is 0 Å². The molecule has 22 heteroatoms. The molecule has 3 atom stereocenters. The van der Waals surface area contributed by atoms with Gasteiger partial charge in [-0.3, -0.25) is 28.9 Å². The minimum Gasteiger partial charge on any atom is -0.504 e. The molecular weight excluding hydrogens is 755 g/mol. The van der Waals surface area contributed by atoms with E-state index in [1.807, 2.05) is 0 Å². The van der Waals surface area contributed by atoms with Crippen molar-refractivity contribution in [1.82, 2.24) is 20.1 Å². The molecule has 4 aliphatic heterocycles. The lowest BCUT2D eigenvalue weighted by atomic mass is 9.97. The highest BCUT2D eigenvalue weighted by Gasteiger charge is 2.55. The number of aromatic hydroxyl groups is 2. The molecule has 20 nitrogen and oxygen atoms in total. The second-order valence-corrected chi connectivity index (χ2v) is 15.1. The van der Waals surface area contributed by atoms with E-state index in [2.05, 4.69) is 15.5 Å². The highest BCUT2D eigenvalue weighted by molar-refractivity contribution is 8.00. The Morgan fingerprint density at radius 3 is 2.37 bits per heavy atom. The minimum absolute atomic E-state index is 0.0163. The first-order valence-electron chi connectivity index (χ1n) is 16.4. The van der Waals surface area contributed by atoms with E-state index in [1.54, 1.807) is 0 Å². The van der Waals surface area contributed by atoms with Crippen molar-refractivity contribution >= 4 is 75.4 Å². The third-order valence-corrected chi connectivity index (χ3v) is 11.6. The number of nitrogens with one attached hydrogen (secondary N) is 1. The number of quaternary nitrogens is 1. The predicted molar refractivity (Wildman–Crippen MR) is 186 cm³/mol. The summed E-state index contributed by atoms with van der Waals surface area (Å²) in [4.78, 5) is 99.7. The highest BCUT2D eigenvalue weighted by Crippen LogP contribution is 2.42. The van der Waals surface area contributed by atoms with Crippen LogP contribution in [0.15, 0.2) is 33.9 Å². The van der Waals surface area contributed by atoms with E-state index in [0.29, 0.717) is 29.7 Å². The zero-order valence-electron chi connectivity index (χ0n) is 28.2. The number of nitrogens with zero attached hydrogens (tertiary/aromatic N) is 5. The number of phenolic OH excluding ortho intramolecular Hbond substituents is 2. The first kappa shape index (κ1) is 38.0. The monoisotopic (exact) mass is 788 g/mol. The number of likely N-dealkylation sites (tertiary alicyclic amines) is 1. The van der Waals surface area contributed by atoms with E-state index in [9.17, 15) is 54.0 Å². The van der Waals surface area contributed by atoms with Gasteiger partial charge in [-0.1, -0.05) is 5.16 Å². The van der Waals surface area contributed by atoms with Crippen LogP contribution in [0.1, 0.15) is 45.7 Å². The fourth-order valence-electron chi connectivity index (χ4n) is 6.93. The Labute approximate surface area is 313 Å². The minimum atomic E-state index is -1.95. The number of benzene rings is 1. The van der Waals surface area contributed by atoms with Crippen molar-refractivity contribution in [3.8, 4) is 11.5 Å². The number of carbonyl (C=O) groups excluding carboxylic acids is 4. The molecule has 3 amide bonds. The second-order valence-electron chi connectivity index (χ2n) is 13.1. The largest absolute Gasteiger partial charge is 0.504 e. The number of Topliss-reactive ketones (excluding diaryl/α,β-unsaturated/α-hetero) is 1. The lowest BCUT2D eigenvalue weighted by Gasteiger charge is -2.50. The molecule has 1 aromatic carbocycles. The summed E-state index contributed by atoms with van der Waals surface area (Å²) in [5.74, 6) is -8.03. The number of carbonyl (C=O) groups is 7. The maximum atomic E-state index is 13.5. The SMILES string of the molecule is Nc1nc(/C(=N/O[C@@H](CC(=O)O)C(=O)O)C(=O)N[C@@H]2C(=O)N3C(C(=O)O)=C(C[N+]4(CCN5CC(=O)c6cc(O)c(O)cc6C5=O)CCCC4)CS[C@H]23)cs1. The fraction of sp³-hybridized carbons (Fsp3) is 0.406. The number of ketones is 1. The van der Waals surface area contributed by atoms with Crippen LogP contribution in [0, 0.1) is 0 Å². The molecule has 0 radical (unpaired) electrons. The van der Waals surface area contributed by atoms with Gasteiger partial charge in [-0.15, -0.1) is 23.1 Å². The number of hydrogen-bond donors (Lipinski definition) is 7. The van der Waals surface area contributed by atoms with Crippen LogP contribution >= 0.6 is 23.1 Å². The number of nitrogen functional groups attached to an aromatic ring is 1. The number of aromatic nitrogens is 1. The van der Waals surface area contributed by atoms with Gasteiger partial charge in [-0.05, 0) is 12.1 Å². The molecule has 8 N–H and O–H groups in total. The van der Waals surface area contributed by atoms with E-state index in [0.717, 1.165) is 41.2 Å². The molecule has 286 valence electrons. The van der Waals surface area contributed by atoms with Crippen molar-refractivity contribution < 1.29 is 68.4 Å². The first-order valence-corrected chi connectivity index (χ1v) is 18.4. The third-order valence-electron chi connectivity index (χ3n) is 9.58. The molecule has 4 aliphatic rings. The van der Waals surface area contributed by atoms with Gasteiger partial charge in [0.05, 0.1) is 44.7 Å². The molecule has 2 fully saturated rings. The Kier molecular flexibility index (Phi) is 10.5. The van der Waals surface area contributed by atoms with E-state index < -0.39 is 82.6 Å². The van der Waals surface area contributed by atoms with E-state index in [-0.39, 0.29) is 53.0 Å². The number of phenols is 2. The van der Waals surface area contributed by atoms with Crippen molar-refractivity contribution in [3.63, 3.8) is 0 Å². The topological polar surface area (TPSA) is 300 Å². The maximum absolute atomic E-state index is 13.5. The van der Waals surface area contributed by atoms with Crippen LogP contribution in [0.4, 0.5) is 5.13 Å². The number of hydrogen-bond acceptors (Lipinski definition) is 15. The van der Waals surface area contributed by atoms with Gasteiger partial charge in [0.2, 0.25) is 6.10 Å². The van der Waals surface area contributed by atoms with E-state index in [1.165, 1.54) is 22.0 Å². The van der Waals surface area contributed by atoms with Crippen molar-refractivity contribution in [2.75, 3.05) is 50.8 Å². The first-order chi connectivity index (χ1) is 25.6. The molecule has 0 aliphatic carbocycles. The molecule has 54 heavy (non-hydrogen) atoms. The summed E-state index contributed by atoms with van der Waals surface area (Å²) in [6.07, 6.45) is -1.28. The summed E-state index contributed by atoms with van der Waals surface area (Å²) >= 11 is 2.14. The van der Waals surface area contributed by atoms with Crippen molar-refractivity contribution in [2.24, 2.45) is 5.16 Å². The number of oxime groups is 1. The van der Waals surface area contributed by atoms with Crippen LogP contribution in [0.2, 0.25) is 0 Å². The fourth-order valence-corrected chi connectivity index (χ4v) is 8.81. The van der Waals surface area contributed by atoms with Gasteiger partial charge in [0.1, 0.15) is 29.4 Å². The highest BCUT2D eigenvalue weighted by atomic mass is 32.2. The Hall–Kier alpha value is -5.74. The van der Waals surface area contributed by atoms with Gasteiger partial charge in [0.15, 0.2) is 28.1 Å². The van der Waals surface area contributed by atoms with Gasteiger partial charge < -0.3 is 50.8 Å². The third kappa shape index (κ3) is 7.39. The Morgan fingerprint density at radius 2 is 1.76 bits per heavy atom. The normalized spacial score (nSPS) is 21.3. The molecule has 2 aromatic rings. The molecule has 0 unspecified atom stereocenters.